The minimum absolute atomic E-state index is 0.0299. The van der Waals surface area contributed by atoms with Crippen molar-refractivity contribution in [2.45, 2.75) is 11.1 Å². The molecule has 0 saturated heterocycles. The van der Waals surface area contributed by atoms with E-state index in [1.54, 1.807) is 18.5 Å². The number of ketones is 1. The van der Waals surface area contributed by atoms with Gasteiger partial charge in [-0.25, -0.2) is 19.5 Å². The molecule has 7 heteroatoms. The van der Waals surface area contributed by atoms with Crippen molar-refractivity contribution in [1.82, 2.24) is 19.5 Å². The number of Topliss-reactive ketones (excluding diaryl/α,β-unsaturated/α-hetero) is 1. The summed E-state index contributed by atoms with van der Waals surface area (Å²) in [6.07, 6.45) is 9.04. The van der Waals surface area contributed by atoms with Crippen molar-refractivity contribution in [3.63, 3.8) is 0 Å². The summed E-state index contributed by atoms with van der Waals surface area (Å²) in [6, 6.07) is 5.63. The zero-order chi connectivity index (χ0) is 18.0. The van der Waals surface area contributed by atoms with Crippen LogP contribution in [0.25, 0.3) is 11.0 Å². The van der Waals surface area contributed by atoms with Gasteiger partial charge in [-0.05, 0) is 24.5 Å². The SMILES string of the molecule is CSc1nccc(C(C=[N+](C)C)C(=O)c2cnc3c(ccn3C)c2)n1. The number of carbonyl (C=O) groups excluding carboxylic acids is 1. The fraction of sp³-hybridized carbons (Fsp3) is 0.278. The highest BCUT2D eigenvalue weighted by Crippen LogP contribution is 2.22. The van der Waals surface area contributed by atoms with E-state index >= 15 is 0 Å². The predicted octanol–water partition coefficient (Wildman–Crippen LogP) is 2.39. The van der Waals surface area contributed by atoms with E-state index in [-0.39, 0.29) is 5.78 Å². The third-order valence-electron chi connectivity index (χ3n) is 3.88. The minimum Gasteiger partial charge on any atom is -0.336 e. The van der Waals surface area contributed by atoms with Crippen molar-refractivity contribution in [2.75, 3.05) is 20.4 Å². The van der Waals surface area contributed by atoms with E-state index in [2.05, 4.69) is 15.0 Å². The van der Waals surface area contributed by atoms with Gasteiger partial charge in [0.25, 0.3) is 0 Å². The first-order chi connectivity index (χ1) is 12.0. The first kappa shape index (κ1) is 17.3. The van der Waals surface area contributed by atoms with Crippen LogP contribution in [0, 0.1) is 0 Å². The molecule has 0 aliphatic rings. The molecule has 25 heavy (non-hydrogen) atoms. The zero-order valence-electron chi connectivity index (χ0n) is 14.7. The van der Waals surface area contributed by atoms with Gasteiger partial charge in [-0.2, -0.15) is 0 Å². The van der Waals surface area contributed by atoms with Crippen LogP contribution >= 0.6 is 11.8 Å². The van der Waals surface area contributed by atoms with Gasteiger partial charge in [-0.15, -0.1) is 0 Å². The van der Waals surface area contributed by atoms with Crippen LogP contribution in [-0.2, 0) is 7.05 Å². The Bertz CT molecular complexity index is 959. The molecule has 3 aromatic heterocycles. The summed E-state index contributed by atoms with van der Waals surface area (Å²) in [5, 5.41) is 1.60. The quantitative estimate of drug-likeness (QED) is 0.231. The topological polar surface area (TPSA) is 63.7 Å². The van der Waals surface area contributed by atoms with Gasteiger partial charge in [-0.1, -0.05) is 11.8 Å². The highest BCUT2D eigenvalue weighted by molar-refractivity contribution is 7.98. The van der Waals surface area contributed by atoms with Gasteiger partial charge in [0.15, 0.2) is 17.2 Å². The second kappa shape index (κ2) is 7.14. The van der Waals surface area contributed by atoms with Gasteiger partial charge in [0.05, 0.1) is 5.69 Å². The van der Waals surface area contributed by atoms with E-state index in [0.29, 0.717) is 16.4 Å². The molecule has 0 bridgehead atoms. The number of fused-ring (bicyclic) bond motifs is 1. The zero-order valence-corrected chi connectivity index (χ0v) is 15.5. The van der Waals surface area contributed by atoms with Crippen molar-refractivity contribution in [3.8, 4) is 0 Å². The summed E-state index contributed by atoms with van der Waals surface area (Å²) in [7, 11) is 5.73. The smallest absolute Gasteiger partial charge is 0.187 e. The first-order valence-electron chi connectivity index (χ1n) is 7.83. The number of hydrogen-bond acceptors (Lipinski definition) is 5. The molecule has 0 N–H and O–H groups in total. The maximum atomic E-state index is 13.2. The number of pyridine rings is 1. The van der Waals surface area contributed by atoms with Crippen LogP contribution in [0.1, 0.15) is 22.0 Å². The molecule has 1 atom stereocenters. The highest BCUT2D eigenvalue weighted by atomic mass is 32.2. The summed E-state index contributed by atoms with van der Waals surface area (Å²) in [5.74, 6) is -0.510. The largest absolute Gasteiger partial charge is 0.336 e. The van der Waals surface area contributed by atoms with E-state index in [4.69, 9.17) is 0 Å². The lowest BCUT2D eigenvalue weighted by molar-refractivity contribution is -0.460. The van der Waals surface area contributed by atoms with E-state index < -0.39 is 5.92 Å². The summed E-state index contributed by atoms with van der Waals surface area (Å²) in [4.78, 5) is 26.3. The normalized spacial score (nSPS) is 12.2. The Kier molecular flexibility index (Phi) is 4.94. The Hall–Kier alpha value is -2.54. The van der Waals surface area contributed by atoms with Crippen molar-refractivity contribution in [1.29, 1.82) is 0 Å². The Morgan fingerprint density at radius 2 is 2.12 bits per heavy atom. The van der Waals surface area contributed by atoms with Crippen LogP contribution in [0.5, 0.6) is 0 Å². The molecule has 0 aromatic carbocycles. The number of thioether (sulfide) groups is 1. The predicted molar refractivity (Wildman–Crippen MR) is 99.8 cm³/mol. The molecule has 0 aliphatic heterocycles. The van der Waals surface area contributed by atoms with Crippen LogP contribution < -0.4 is 0 Å². The lowest BCUT2D eigenvalue weighted by atomic mass is 9.96. The number of rotatable bonds is 5. The van der Waals surface area contributed by atoms with Crippen LogP contribution in [0.3, 0.4) is 0 Å². The van der Waals surface area contributed by atoms with E-state index in [0.717, 1.165) is 11.0 Å². The molecule has 128 valence electrons. The second-order valence-corrected chi connectivity index (χ2v) is 6.76. The fourth-order valence-electron chi connectivity index (χ4n) is 2.67. The highest BCUT2D eigenvalue weighted by Gasteiger charge is 2.26. The van der Waals surface area contributed by atoms with E-state index in [1.807, 2.05) is 61.1 Å². The summed E-state index contributed by atoms with van der Waals surface area (Å²) < 4.78 is 3.81. The molecule has 0 amide bonds. The third kappa shape index (κ3) is 3.61. The summed E-state index contributed by atoms with van der Waals surface area (Å²) in [6.45, 7) is 0. The lowest BCUT2D eigenvalue weighted by Gasteiger charge is -2.10. The van der Waals surface area contributed by atoms with Crippen molar-refractivity contribution >= 4 is 34.8 Å². The Morgan fingerprint density at radius 1 is 1.32 bits per heavy atom. The molecule has 3 aromatic rings. The molecular weight excluding hydrogens is 334 g/mol. The molecule has 0 saturated carbocycles. The molecule has 1 unspecified atom stereocenters. The summed E-state index contributed by atoms with van der Waals surface area (Å²) >= 11 is 1.46. The van der Waals surface area contributed by atoms with Gasteiger partial charge in [0, 0.05) is 36.6 Å². The van der Waals surface area contributed by atoms with Gasteiger partial charge in [-0.3, -0.25) is 4.79 Å². The number of aromatic nitrogens is 4. The molecule has 0 spiro atoms. The third-order valence-corrected chi connectivity index (χ3v) is 4.44. The van der Waals surface area contributed by atoms with Crippen molar-refractivity contribution in [3.05, 3.63) is 48.0 Å². The first-order valence-corrected chi connectivity index (χ1v) is 9.05. The number of hydrogen-bond donors (Lipinski definition) is 0. The number of nitrogens with zero attached hydrogens (tertiary/aromatic N) is 5. The molecule has 0 fully saturated rings. The summed E-state index contributed by atoms with van der Waals surface area (Å²) in [5.41, 5.74) is 2.12. The van der Waals surface area contributed by atoms with Gasteiger partial charge >= 0.3 is 0 Å². The van der Waals surface area contributed by atoms with Crippen LogP contribution in [0.2, 0.25) is 0 Å². The second-order valence-electron chi connectivity index (χ2n) is 5.99. The maximum Gasteiger partial charge on any atom is 0.187 e. The standard InChI is InChI=1S/C18H20N5OS/c1-22(2)11-14(15-5-7-19-18(21-15)25-4)16(24)13-9-12-6-8-23(3)17(12)20-10-13/h5-11,14H,1-4H3/q+1. The lowest BCUT2D eigenvalue weighted by Crippen LogP contribution is -2.20. The van der Waals surface area contributed by atoms with Crippen LogP contribution in [0.15, 0.2) is 41.9 Å². The Labute approximate surface area is 150 Å². The van der Waals surface area contributed by atoms with Crippen molar-refractivity contribution < 1.29 is 9.37 Å². The Morgan fingerprint density at radius 3 is 2.84 bits per heavy atom. The molecular formula is C18H20N5OS+. The maximum absolute atomic E-state index is 13.2. The van der Waals surface area contributed by atoms with Gasteiger partial charge in [0.2, 0.25) is 0 Å². The molecule has 3 rings (SSSR count). The minimum atomic E-state index is -0.480. The molecule has 0 radical (unpaired) electrons. The number of aryl methyl sites for hydroxylation is 1. The fourth-order valence-corrected chi connectivity index (χ4v) is 3.03. The average Bonchev–Trinajstić information content (AvgIpc) is 2.99. The van der Waals surface area contributed by atoms with Gasteiger partial charge in [0.1, 0.15) is 25.7 Å². The molecule has 0 aliphatic carbocycles. The van der Waals surface area contributed by atoms with E-state index in [9.17, 15) is 4.79 Å². The van der Waals surface area contributed by atoms with Crippen molar-refractivity contribution in [2.24, 2.45) is 7.05 Å². The van der Waals surface area contributed by atoms with Crippen LogP contribution in [0.4, 0.5) is 0 Å². The van der Waals surface area contributed by atoms with E-state index in [1.165, 1.54) is 11.8 Å². The Balaban J connectivity index is 2.04. The monoisotopic (exact) mass is 354 g/mol. The molecule has 6 nitrogen and oxygen atoms in total. The molecule has 3 heterocycles. The van der Waals surface area contributed by atoms with Gasteiger partial charge < -0.3 is 4.57 Å². The van der Waals surface area contributed by atoms with Crippen LogP contribution in [-0.4, -0.2) is 56.4 Å². The number of carbonyl (C=O) groups is 1. The average molecular weight is 354 g/mol.